The van der Waals surface area contributed by atoms with Gasteiger partial charge >= 0.3 is 0 Å². The summed E-state index contributed by atoms with van der Waals surface area (Å²) in [7, 11) is -3.21. The standard InChI is InChI=1S/C13H34Si4/c1-13(2)12-17(14(3,4)5,15(6,7)8)16(9,10)11/h1,12H2,2-11H3. The minimum absolute atomic E-state index is 1.07. The van der Waals surface area contributed by atoms with Gasteiger partial charge in [0.1, 0.15) is 0 Å². The lowest BCUT2D eigenvalue weighted by Gasteiger charge is -2.58. The SMILES string of the molecule is C=C(C)C[Si]([Si](C)(C)C)([Si](C)(C)C)[Si](C)(C)C. The van der Waals surface area contributed by atoms with E-state index in [2.05, 4.69) is 72.4 Å². The van der Waals surface area contributed by atoms with Crippen LogP contribution in [0.15, 0.2) is 12.2 Å². The van der Waals surface area contributed by atoms with Gasteiger partial charge in [-0.05, 0) is 13.0 Å². The number of hydrogen-bond donors (Lipinski definition) is 0. The molecule has 0 aliphatic heterocycles. The second-order valence-electron chi connectivity index (χ2n) is 8.79. The summed E-state index contributed by atoms with van der Waals surface area (Å²) in [5.74, 6) is 0. The largest absolute Gasteiger partial charge is 0.100 e. The van der Waals surface area contributed by atoms with Gasteiger partial charge in [0, 0.05) is 29.4 Å². The van der Waals surface area contributed by atoms with Gasteiger partial charge in [-0.2, -0.15) is 0 Å². The molecule has 0 N–H and O–H groups in total. The van der Waals surface area contributed by atoms with Crippen molar-refractivity contribution in [1.29, 1.82) is 0 Å². The van der Waals surface area contributed by atoms with Crippen LogP contribution < -0.4 is 0 Å². The lowest BCUT2D eigenvalue weighted by atomic mass is 10.4. The fraction of sp³-hybridized carbons (Fsp3) is 0.846. The van der Waals surface area contributed by atoms with Gasteiger partial charge in [0.25, 0.3) is 0 Å². The molecule has 0 spiro atoms. The molecule has 0 aliphatic rings. The maximum Gasteiger partial charge on any atom is 0.0415 e. The molecule has 17 heavy (non-hydrogen) atoms. The molecule has 0 heterocycles. The van der Waals surface area contributed by atoms with E-state index in [0.29, 0.717) is 0 Å². The van der Waals surface area contributed by atoms with Crippen molar-refractivity contribution in [1.82, 2.24) is 0 Å². The number of rotatable bonds is 5. The highest BCUT2D eigenvalue weighted by atomic mass is 29.9. The van der Waals surface area contributed by atoms with E-state index in [1.807, 2.05) is 0 Å². The summed E-state index contributed by atoms with van der Waals surface area (Å²) in [6.07, 6.45) is 0. The van der Waals surface area contributed by atoms with Gasteiger partial charge in [-0.3, -0.25) is 0 Å². The summed E-state index contributed by atoms with van der Waals surface area (Å²) in [6.45, 7) is 29.3. The zero-order chi connectivity index (χ0) is 14.3. The number of hydrogen-bond acceptors (Lipinski definition) is 0. The van der Waals surface area contributed by atoms with Crippen LogP contribution in [0.1, 0.15) is 6.92 Å². The third-order valence-corrected chi connectivity index (χ3v) is 78.4. The lowest BCUT2D eigenvalue weighted by molar-refractivity contribution is 1.37. The Bertz CT molecular complexity index is 250. The van der Waals surface area contributed by atoms with Crippen LogP contribution in [0.2, 0.25) is 65.0 Å². The summed E-state index contributed by atoms with van der Waals surface area (Å²) in [6, 6.07) is 1.42. The summed E-state index contributed by atoms with van der Waals surface area (Å²) in [4.78, 5) is 0. The summed E-state index contributed by atoms with van der Waals surface area (Å²) < 4.78 is 0. The van der Waals surface area contributed by atoms with E-state index in [4.69, 9.17) is 0 Å². The average molecular weight is 303 g/mol. The van der Waals surface area contributed by atoms with Gasteiger partial charge in [0.2, 0.25) is 0 Å². The smallest absolute Gasteiger partial charge is 0.0415 e. The second kappa shape index (κ2) is 4.94. The summed E-state index contributed by atoms with van der Waals surface area (Å²) in [5.41, 5.74) is 1.46. The maximum absolute atomic E-state index is 4.28. The predicted octanol–water partition coefficient (Wildman–Crippen LogP) is 5.26. The molecule has 0 bridgehead atoms. The fourth-order valence-corrected chi connectivity index (χ4v) is 102. The van der Waals surface area contributed by atoms with Crippen molar-refractivity contribution in [2.75, 3.05) is 0 Å². The van der Waals surface area contributed by atoms with E-state index in [1.165, 1.54) is 11.6 Å². The monoisotopic (exact) mass is 302 g/mol. The van der Waals surface area contributed by atoms with E-state index < -0.39 is 29.4 Å². The molecule has 0 amide bonds. The molecule has 0 radical (unpaired) electrons. The highest BCUT2D eigenvalue weighted by Crippen LogP contribution is 2.41. The topological polar surface area (TPSA) is 0 Å². The van der Waals surface area contributed by atoms with Gasteiger partial charge in [-0.1, -0.05) is 64.5 Å². The van der Waals surface area contributed by atoms with Crippen molar-refractivity contribution < 1.29 is 0 Å². The lowest BCUT2D eigenvalue weighted by Crippen LogP contribution is -2.82. The van der Waals surface area contributed by atoms with Crippen LogP contribution in [0.25, 0.3) is 0 Å². The predicted molar refractivity (Wildman–Crippen MR) is 95.4 cm³/mol. The minimum atomic E-state index is -1.15. The van der Waals surface area contributed by atoms with Crippen LogP contribution in [-0.4, -0.2) is 29.4 Å². The Morgan fingerprint density at radius 1 is 0.706 bits per heavy atom. The summed E-state index contributed by atoms with van der Waals surface area (Å²) in [5, 5.41) is 0. The molecule has 102 valence electrons. The van der Waals surface area contributed by atoms with Crippen molar-refractivity contribution >= 4 is 29.4 Å². The van der Waals surface area contributed by atoms with Crippen molar-refractivity contribution in [2.45, 2.75) is 71.9 Å². The van der Waals surface area contributed by atoms with Crippen molar-refractivity contribution in [2.24, 2.45) is 0 Å². The van der Waals surface area contributed by atoms with Crippen molar-refractivity contribution in [3.8, 4) is 0 Å². The first kappa shape index (κ1) is 17.6. The second-order valence-corrected chi connectivity index (χ2v) is 50.1. The zero-order valence-corrected chi connectivity index (χ0v) is 17.9. The molecule has 4 heteroatoms. The fourth-order valence-electron chi connectivity index (χ4n) is 4.62. The summed E-state index contributed by atoms with van der Waals surface area (Å²) >= 11 is 0. The minimum Gasteiger partial charge on any atom is -0.100 e. The Hall–Kier alpha value is 0.608. The van der Waals surface area contributed by atoms with Crippen LogP contribution in [-0.2, 0) is 0 Å². The Morgan fingerprint density at radius 3 is 1.00 bits per heavy atom. The normalized spacial score (nSPS) is 14.9. The zero-order valence-electron chi connectivity index (χ0n) is 13.9. The average Bonchev–Trinajstić information content (AvgIpc) is 1.91. The Labute approximate surface area is 113 Å². The van der Waals surface area contributed by atoms with Gasteiger partial charge in [-0.15, -0.1) is 6.58 Å². The number of allylic oxidation sites excluding steroid dienone is 1. The van der Waals surface area contributed by atoms with Crippen LogP contribution in [0, 0.1) is 0 Å². The third kappa shape index (κ3) is 3.33. The van der Waals surface area contributed by atoms with E-state index in [0.717, 1.165) is 0 Å². The molecule has 0 saturated heterocycles. The Kier molecular flexibility index (Phi) is 5.12. The molecule has 0 unspecified atom stereocenters. The highest BCUT2D eigenvalue weighted by molar-refractivity contribution is 7.89. The van der Waals surface area contributed by atoms with Gasteiger partial charge < -0.3 is 0 Å². The first-order valence-corrected chi connectivity index (χ1v) is 22.5. The van der Waals surface area contributed by atoms with E-state index in [-0.39, 0.29) is 0 Å². The molecule has 0 saturated carbocycles. The van der Waals surface area contributed by atoms with E-state index in [1.54, 1.807) is 0 Å². The molecule has 0 aromatic carbocycles. The molecule has 0 atom stereocenters. The third-order valence-electron chi connectivity index (χ3n) is 4.41. The Balaban J connectivity index is 6.02. The van der Waals surface area contributed by atoms with Crippen molar-refractivity contribution in [3.63, 3.8) is 0 Å². The Morgan fingerprint density at radius 2 is 0.941 bits per heavy atom. The first-order chi connectivity index (χ1) is 7.17. The van der Waals surface area contributed by atoms with Crippen LogP contribution in [0.4, 0.5) is 0 Å². The van der Waals surface area contributed by atoms with Crippen LogP contribution >= 0.6 is 0 Å². The molecular weight excluding hydrogens is 268 g/mol. The van der Waals surface area contributed by atoms with Crippen LogP contribution in [0.3, 0.4) is 0 Å². The molecule has 0 rings (SSSR count). The van der Waals surface area contributed by atoms with Gasteiger partial charge in [0.05, 0.1) is 0 Å². The van der Waals surface area contributed by atoms with E-state index >= 15 is 0 Å². The molecule has 0 fully saturated rings. The van der Waals surface area contributed by atoms with Gasteiger partial charge in [-0.25, -0.2) is 0 Å². The quantitative estimate of drug-likeness (QED) is 0.480. The van der Waals surface area contributed by atoms with Crippen LogP contribution in [0.5, 0.6) is 0 Å². The molecule has 0 nitrogen and oxygen atoms in total. The van der Waals surface area contributed by atoms with Crippen molar-refractivity contribution in [3.05, 3.63) is 12.2 Å². The first-order valence-electron chi connectivity index (χ1n) is 6.81. The molecule has 0 aromatic heterocycles. The molecule has 0 aliphatic carbocycles. The highest BCUT2D eigenvalue weighted by Gasteiger charge is 2.60. The van der Waals surface area contributed by atoms with E-state index in [9.17, 15) is 0 Å². The maximum atomic E-state index is 4.28. The van der Waals surface area contributed by atoms with Gasteiger partial charge in [0.15, 0.2) is 0 Å². The molecule has 0 aromatic rings. The molecular formula is C13H34Si4.